The molecule has 0 radical (unpaired) electrons. The van der Waals surface area contributed by atoms with Gasteiger partial charge in [-0.2, -0.15) is 0 Å². The zero-order chi connectivity index (χ0) is 19.2. The number of piperazine rings is 1. The van der Waals surface area contributed by atoms with Crippen LogP contribution in [0.2, 0.25) is 5.02 Å². The number of halogens is 1. The van der Waals surface area contributed by atoms with Crippen LogP contribution in [-0.4, -0.2) is 54.4 Å². The van der Waals surface area contributed by atoms with Crippen molar-refractivity contribution in [3.8, 4) is 5.75 Å². The molecule has 142 valence electrons. The van der Waals surface area contributed by atoms with Crippen molar-refractivity contribution in [2.24, 2.45) is 0 Å². The Bertz CT molecular complexity index is 782. The van der Waals surface area contributed by atoms with Crippen LogP contribution in [0.4, 0.5) is 0 Å². The lowest BCUT2D eigenvalue weighted by atomic mass is 10.1. The summed E-state index contributed by atoms with van der Waals surface area (Å²) in [5.74, 6) is 0.638. The lowest BCUT2D eigenvalue weighted by Gasteiger charge is -2.34. The second-order valence-electron chi connectivity index (χ2n) is 6.67. The van der Waals surface area contributed by atoms with Crippen LogP contribution in [0.3, 0.4) is 0 Å². The summed E-state index contributed by atoms with van der Waals surface area (Å²) in [4.78, 5) is 28.3. The summed E-state index contributed by atoms with van der Waals surface area (Å²) in [7, 11) is 0. The van der Waals surface area contributed by atoms with Gasteiger partial charge < -0.3 is 14.5 Å². The van der Waals surface area contributed by atoms with Gasteiger partial charge >= 0.3 is 0 Å². The smallest absolute Gasteiger partial charge is 0.260 e. The molecule has 27 heavy (non-hydrogen) atoms. The van der Waals surface area contributed by atoms with Crippen LogP contribution in [-0.2, 0) is 16.0 Å². The van der Waals surface area contributed by atoms with Gasteiger partial charge in [0.25, 0.3) is 5.91 Å². The fourth-order valence-corrected chi connectivity index (χ4v) is 3.09. The van der Waals surface area contributed by atoms with Crippen LogP contribution in [0.15, 0.2) is 48.5 Å². The number of rotatable bonds is 5. The molecule has 0 atom stereocenters. The number of carbonyl (C=O) groups is 2. The lowest BCUT2D eigenvalue weighted by molar-refractivity contribution is -0.140. The monoisotopic (exact) mass is 386 g/mol. The van der Waals surface area contributed by atoms with E-state index in [9.17, 15) is 9.59 Å². The highest BCUT2D eigenvalue weighted by atomic mass is 35.5. The molecule has 1 heterocycles. The molecular formula is C21H23ClN2O3. The van der Waals surface area contributed by atoms with E-state index in [1.807, 2.05) is 36.1 Å². The Labute approximate surface area is 164 Å². The van der Waals surface area contributed by atoms with Crippen LogP contribution < -0.4 is 4.74 Å². The van der Waals surface area contributed by atoms with Crippen molar-refractivity contribution in [2.45, 2.75) is 13.3 Å². The van der Waals surface area contributed by atoms with Crippen molar-refractivity contribution >= 4 is 23.4 Å². The van der Waals surface area contributed by atoms with E-state index in [2.05, 4.69) is 0 Å². The Balaban J connectivity index is 1.43. The second-order valence-corrected chi connectivity index (χ2v) is 7.10. The molecule has 0 aliphatic carbocycles. The topological polar surface area (TPSA) is 49.9 Å². The first-order valence-corrected chi connectivity index (χ1v) is 9.38. The fourth-order valence-electron chi connectivity index (χ4n) is 2.96. The summed E-state index contributed by atoms with van der Waals surface area (Å²) >= 11 is 5.83. The summed E-state index contributed by atoms with van der Waals surface area (Å²) in [5, 5.41) is 0.625. The Morgan fingerprint density at radius 2 is 1.44 bits per heavy atom. The highest BCUT2D eigenvalue weighted by Gasteiger charge is 2.24. The van der Waals surface area contributed by atoms with Gasteiger partial charge in [-0.3, -0.25) is 9.59 Å². The molecular weight excluding hydrogens is 364 g/mol. The number of hydrogen-bond donors (Lipinski definition) is 0. The lowest BCUT2D eigenvalue weighted by Crippen LogP contribution is -2.52. The highest BCUT2D eigenvalue weighted by molar-refractivity contribution is 6.30. The predicted octanol–water partition coefficient (Wildman–Crippen LogP) is 2.94. The number of amides is 2. The maximum atomic E-state index is 12.5. The molecule has 1 saturated heterocycles. The molecule has 2 aromatic carbocycles. The van der Waals surface area contributed by atoms with Gasteiger partial charge in [-0.05, 0) is 36.8 Å². The minimum absolute atomic E-state index is 0.0149. The Morgan fingerprint density at radius 1 is 0.889 bits per heavy atom. The van der Waals surface area contributed by atoms with Crippen molar-refractivity contribution in [2.75, 3.05) is 32.8 Å². The zero-order valence-corrected chi connectivity index (χ0v) is 16.1. The molecule has 0 aromatic heterocycles. The van der Waals surface area contributed by atoms with E-state index in [-0.39, 0.29) is 18.4 Å². The predicted molar refractivity (Wildman–Crippen MR) is 105 cm³/mol. The number of nitrogens with zero attached hydrogens (tertiary/aromatic N) is 2. The first-order chi connectivity index (χ1) is 13.0. The highest BCUT2D eigenvalue weighted by Crippen LogP contribution is 2.16. The molecule has 0 saturated carbocycles. The number of aryl methyl sites for hydroxylation is 1. The van der Waals surface area contributed by atoms with Gasteiger partial charge in [0.1, 0.15) is 5.75 Å². The molecule has 1 aliphatic rings. The van der Waals surface area contributed by atoms with Crippen molar-refractivity contribution in [3.05, 3.63) is 64.7 Å². The summed E-state index contributed by atoms with van der Waals surface area (Å²) in [5.41, 5.74) is 2.19. The molecule has 2 amide bonds. The maximum Gasteiger partial charge on any atom is 0.260 e. The molecule has 1 fully saturated rings. The number of benzene rings is 2. The minimum Gasteiger partial charge on any atom is -0.484 e. The molecule has 0 spiro atoms. The van der Waals surface area contributed by atoms with Gasteiger partial charge in [-0.1, -0.05) is 41.4 Å². The molecule has 0 N–H and O–H groups in total. The van der Waals surface area contributed by atoms with E-state index in [1.54, 1.807) is 29.2 Å². The van der Waals surface area contributed by atoms with E-state index >= 15 is 0 Å². The normalized spacial score (nSPS) is 14.1. The van der Waals surface area contributed by atoms with Crippen molar-refractivity contribution < 1.29 is 14.3 Å². The van der Waals surface area contributed by atoms with Gasteiger partial charge in [0.05, 0.1) is 6.42 Å². The van der Waals surface area contributed by atoms with Crippen molar-refractivity contribution in [1.29, 1.82) is 0 Å². The standard InChI is InChI=1S/C21H23ClN2O3/c1-16-2-4-17(5-3-16)14-20(25)23-10-12-24(13-11-23)21(26)15-27-19-8-6-18(22)7-9-19/h2-9H,10-15H2,1H3. The van der Waals surface area contributed by atoms with E-state index < -0.39 is 0 Å². The van der Waals surface area contributed by atoms with E-state index in [0.717, 1.165) is 5.56 Å². The fraction of sp³-hybridized carbons (Fsp3) is 0.333. The van der Waals surface area contributed by atoms with Crippen molar-refractivity contribution in [1.82, 2.24) is 9.80 Å². The van der Waals surface area contributed by atoms with Crippen LogP contribution in [0, 0.1) is 6.92 Å². The number of hydrogen-bond acceptors (Lipinski definition) is 3. The number of ether oxygens (including phenoxy) is 1. The van der Waals surface area contributed by atoms with Crippen LogP contribution in [0.5, 0.6) is 5.75 Å². The van der Waals surface area contributed by atoms with E-state index in [4.69, 9.17) is 16.3 Å². The molecule has 3 rings (SSSR count). The second kappa shape index (κ2) is 8.91. The molecule has 6 heteroatoms. The van der Waals surface area contributed by atoms with Crippen molar-refractivity contribution in [3.63, 3.8) is 0 Å². The molecule has 2 aromatic rings. The first kappa shape index (κ1) is 19.2. The summed E-state index contributed by atoms with van der Waals surface area (Å²) in [6.07, 6.45) is 0.397. The quantitative estimate of drug-likeness (QED) is 0.793. The summed E-state index contributed by atoms with van der Waals surface area (Å²) in [6.45, 7) is 4.18. The third kappa shape index (κ3) is 5.47. The number of carbonyl (C=O) groups excluding carboxylic acids is 2. The molecule has 0 bridgehead atoms. The van der Waals surface area contributed by atoms with Gasteiger partial charge in [0.15, 0.2) is 6.61 Å². The molecule has 0 unspecified atom stereocenters. The zero-order valence-electron chi connectivity index (χ0n) is 15.4. The molecule has 1 aliphatic heterocycles. The van der Waals surface area contributed by atoms with Crippen LogP contribution in [0.25, 0.3) is 0 Å². The van der Waals surface area contributed by atoms with E-state index in [1.165, 1.54) is 5.56 Å². The Hall–Kier alpha value is -2.53. The van der Waals surface area contributed by atoms with Gasteiger partial charge in [0, 0.05) is 31.2 Å². The van der Waals surface area contributed by atoms with Crippen LogP contribution in [0.1, 0.15) is 11.1 Å². The summed E-state index contributed by atoms with van der Waals surface area (Å²) in [6, 6.07) is 14.9. The van der Waals surface area contributed by atoms with Gasteiger partial charge in [-0.15, -0.1) is 0 Å². The largest absolute Gasteiger partial charge is 0.484 e. The van der Waals surface area contributed by atoms with E-state index in [0.29, 0.717) is 43.4 Å². The average molecular weight is 387 g/mol. The van der Waals surface area contributed by atoms with Gasteiger partial charge in [-0.25, -0.2) is 0 Å². The average Bonchev–Trinajstić information content (AvgIpc) is 2.69. The van der Waals surface area contributed by atoms with Gasteiger partial charge in [0.2, 0.25) is 5.91 Å². The third-order valence-corrected chi connectivity index (χ3v) is 4.89. The Morgan fingerprint density at radius 3 is 2.04 bits per heavy atom. The molecule has 5 nitrogen and oxygen atoms in total. The minimum atomic E-state index is -0.0735. The first-order valence-electron chi connectivity index (χ1n) is 9.01. The van der Waals surface area contributed by atoms with Crippen LogP contribution >= 0.6 is 11.6 Å². The maximum absolute atomic E-state index is 12.5. The summed E-state index contributed by atoms with van der Waals surface area (Å²) < 4.78 is 5.51. The SMILES string of the molecule is Cc1ccc(CC(=O)N2CCN(C(=O)COc3ccc(Cl)cc3)CC2)cc1. The Kier molecular flexibility index (Phi) is 6.35. The third-order valence-electron chi connectivity index (χ3n) is 4.64.